The van der Waals surface area contributed by atoms with E-state index in [1.165, 1.54) is 5.56 Å². The van der Waals surface area contributed by atoms with Crippen molar-refractivity contribution in [2.45, 2.75) is 50.5 Å². The Kier molecular flexibility index (Phi) is 7.02. The number of hydrogen-bond donors (Lipinski definition) is 5. The number of halogens is 1. The molecular formula is C23H26ClNO7. The lowest BCUT2D eigenvalue weighted by molar-refractivity contribution is -0.364. The van der Waals surface area contributed by atoms with Crippen molar-refractivity contribution in [1.29, 1.82) is 0 Å². The fourth-order valence-electron chi connectivity index (χ4n) is 3.86. The van der Waals surface area contributed by atoms with E-state index in [0.717, 1.165) is 28.5 Å². The Labute approximate surface area is 189 Å². The number of aliphatic hydroxyl groups is 4. The maximum Gasteiger partial charge on any atom is 0.188 e. The third-order valence-corrected chi connectivity index (χ3v) is 5.93. The second kappa shape index (κ2) is 9.76. The zero-order chi connectivity index (χ0) is 22.8. The number of fused-ring (bicyclic) bond motifs is 1. The van der Waals surface area contributed by atoms with Crippen molar-refractivity contribution >= 4 is 22.5 Å². The molecule has 1 aromatic heterocycles. The first kappa shape index (κ1) is 23.0. The normalized spacial score (nSPS) is 25.9. The third-order valence-electron chi connectivity index (χ3n) is 5.71. The van der Waals surface area contributed by atoms with Gasteiger partial charge < -0.3 is 35.0 Å². The van der Waals surface area contributed by atoms with Crippen LogP contribution in [0, 0.1) is 0 Å². The van der Waals surface area contributed by atoms with Gasteiger partial charge in [0.15, 0.2) is 18.1 Å². The molecule has 1 fully saturated rings. The van der Waals surface area contributed by atoms with Crippen molar-refractivity contribution < 1.29 is 34.9 Å². The molecule has 9 heteroatoms. The molecule has 1 saturated heterocycles. The molecule has 32 heavy (non-hydrogen) atoms. The highest BCUT2D eigenvalue weighted by atomic mass is 35.5. The van der Waals surface area contributed by atoms with Gasteiger partial charge in [0.2, 0.25) is 0 Å². The van der Waals surface area contributed by atoms with Crippen LogP contribution in [0.1, 0.15) is 23.6 Å². The van der Waals surface area contributed by atoms with Crippen LogP contribution >= 0.6 is 11.6 Å². The Hall–Kier alpha value is -2.17. The number of aromatic amines is 1. The van der Waals surface area contributed by atoms with Crippen molar-refractivity contribution in [1.82, 2.24) is 4.98 Å². The Morgan fingerprint density at radius 1 is 1.06 bits per heavy atom. The predicted octanol–water partition coefficient (Wildman–Crippen LogP) is 2.08. The molecule has 1 aliphatic rings. The number of aromatic nitrogens is 1. The summed E-state index contributed by atoms with van der Waals surface area (Å²) in [6.45, 7) is 1.54. The van der Waals surface area contributed by atoms with Gasteiger partial charge in [-0.1, -0.05) is 42.8 Å². The van der Waals surface area contributed by atoms with Crippen molar-refractivity contribution in [3.63, 3.8) is 0 Å². The molecule has 5 atom stereocenters. The first-order valence-corrected chi connectivity index (χ1v) is 10.8. The molecule has 0 bridgehead atoms. The second-order valence-electron chi connectivity index (χ2n) is 7.86. The highest BCUT2D eigenvalue weighted by molar-refractivity contribution is 6.31. The summed E-state index contributed by atoms with van der Waals surface area (Å²) in [6.07, 6.45) is -3.65. The smallest absolute Gasteiger partial charge is 0.188 e. The monoisotopic (exact) mass is 463 g/mol. The highest BCUT2D eigenvalue weighted by Gasteiger charge is 2.45. The zero-order valence-electron chi connectivity index (χ0n) is 17.4. The van der Waals surface area contributed by atoms with Gasteiger partial charge in [-0.3, -0.25) is 0 Å². The fourth-order valence-corrected chi connectivity index (χ4v) is 4.07. The van der Waals surface area contributed by atoms with Gasteiger partial charge in [0, 0.05) is 22.7 Å². The Bertz CT molecular complexity index is 1050. The molecule has 3 aromatic rings. The van der Waals surface area contributed by atoms with Gasteiger partial charge in [-0.2, -0.15) is 4.89 Å². The van der Waals surface area contributed by atoms with E-state index in [-0.39, 0.29) is 5.75 Å². The lowest BCUT2D eigenvalue weighted by Gasteiger charge is -2.38. The van der Waals surface area contributed by atoms with Crippen molar-refractivity contribution in [2.75, 3.05) is 6.61 Å². The number of nitrogens with one attached hydrogen (secondary N) is 1. The summed E-state index contributed by atoms with van der Waals surface area (Å²) >= 11 is 6.22. The Morgan fingerprint density at radius 3 is 2.47 bits per heavy atom. The van der Waals surface area contributed by atoms with Gasteiger partial charge in [0.05, 0.1) is 12.1 Å². The molecule has 0 amide bonds. The summed E-state index contributed by atoms with van der Waals surface area (Å²) in [7, 11) is 0. The number of H-pyrrole nitrogens is 1. The summed E-state index contributed by atoms with van der Waals surface area (Å²) in [6, 6.07) is 11.7. The number of ether oxygens (including phenoxy) is 1. The first-order chi connectivity index (χ1) is 15.4. The van der Waals surface area contributed by atoms with Gasteiger partial charge in [-0.05, 0) is 35.6 Å². The standard InChI is InChI=1S/C23H26ClNO7/c1-2-12-3-5-13(6-4-12)7-14-10-25-16-8-15(24)9-17(19(14)16)31-32-22-21(28)20(27)18(11-26)30-23(22)29/h3-6,8-10,18,20-23,25-29H,2,7,11H2,1H3/t18-,20-,21+,22-,23-/m1/s1. The van der Waals surface area contributed by atoms with E-state index < -0.39 is 37.3 Å². The van der Waals surface area contributed by atoms with Crippen LogP contribution in [0.2, 0.25) is 5.02 Å². The minimum Gasteiger partial charge on any atom is -0.394 e. The minimum atomic E-state index is -1.61. The van der Waals surface area contributed by atoms with Gasteiger partial charge in [0.1, 0.15) is 18.3 Å². The van der Waals surface area contributed by atoms with E-state index in [0.29, 0.717) is 11.4 Å². The molecule has 0 spiro atoms. The largest absolute Gasteiger partial charge is 0.394 e. The number of benzene rings is 2. The molecule has 2 aromatic carbocycles. The lowest BCUT2D eigenvalue weighted by atomic mass is 9.99. The molecule has 8 nitrogen and oxygen atoms in total. The van der Waals surface area contributed by atoms with Gasteiger partial charge in [-0.15, -0.1) is 0 Å². The van der Waals surface area contributed by atoms with Gasteiger partial charge in [-0.25, -0.2) is 0 Å². The van der Waals surface area contributed by atoms with E-state index >= 15 is 0 Å². The Balaban J connectivity index is 1.57. The molecular weight excluding hydrogens is 438 g/mol. The van der Waals surface area contributed by atoms with E-state index in [1.807, 2.05) is 6.20 Å². The lowest BCUT2D eigenvalue weighted by Crippen LogP contribution is -2.59. The maximum absolute atomic E-state index is 10.3. The molecule has 172 valence electrons. The van der Waals surface area contributed by atoms with Crippen molar-refractivity contribution in [3.8, 4) is 5.75 Å². The van der Waals surface area contributed by atoms with Crippen LogP contribution in [-0.2, 0) is 22.5 Å². The van der Waals surface area contributed by atoms with Crippen LogP contribution in [0.4, 0.5) is 0 Å². The van der Waals surface area contributed by atoms with Crippen molar-refractivity contribution in [2.24, 2.45) is 0 Å². The summed E-state index contributed by atoms with van der Waals surface area (Å²) in [5, 5.41) is 40.8. The average molecular weight is 464 g/mol. The van der Waals surface area contributed by atoms with E-state index in [1.54, 1.807) is 12.1 Å². The maximum atomic E-state index is 10.3. The summed E-state index contributed by atoms with van der Waals surface area (Å²) in [5.74, 6) is 0.284. The third kappa shape index (κ3) is 4.62. The quantitative estimate of drug-likeness (QED) is 0.268. The van der Waals surface area contributed by atoms with E-state index in [2.05, 4.69) is 36.2 Å². The van der Waals surface area contributed by atoms with E-state index in [9.17, 15) is 20.4 Å². The van der Waals surface area contributed by atoms with Crippen LogP contribution in [-0.4, -0.2) is 62.7 Å². The first-order valence-electron chi connectivity index (χ1n) is 10.4. The van der Waals surface area contributed by atoms with Crippen LogP contribution in [0.3, 0.4) is 0 Å². The number of rotatable bonds is 7. The summed E-state index contributed by atoms with van der Waals surface area (Å²) in [4.78, 5) is 14.0. The fraction of sp³-hybridized carbons (Fsp3) is 0.391. The van der Waals surface area contributed by atoms with Gasteiger partial charge >= 0.3 is 0 Å². The number of aliphatic hydroxyl groups excluding tert-OH is 4. The molecule has 0 radical (unpaired) electrons. The van der Waals surface area contributed by atoms with Crippen LogP contribution in [0.5, 0.6) is 5.75 Å². The molecule has 0 saturated carbocycles. The minimum absolute atomic E-state index is 0.284. The molecule has 5 N–H and O–H groups in total. The van der Waals surface area contributed by atoms with Crippen molar-refractivity contribution in [3.05, 3.63) is 64.3 Å². The molecule has 2 heterocycles. The van der Waals surface area contributed by atoms with Crippen LogP contribution < -0.4 is 4.89 Å². The molecule has 4 rings (SSSR count). The van der Waals surface area contributed by atoms with Crippen LogP contribution in [0.15, 0.2) is 42.6 Å². The molecule has 1 aliphatic heterocycles. The number of hydrogen-bond acceptors (Lipinski definition) is 7. The zero-order valence-corrected chi connectivity index (χ0v) is 18.2. The average Bonchev–Trinajstić information content (AvgIpc) is 3.18. The van der Waals surface area contributed by atoms with Crippen LogP contribution in [0.25, 0.3) is 10.9 Å². The topological polar surface area (TPSA) is 124 Å². The number of aryl methyl sites for hydroxylation is 1. The summed E-state index contributed by atoms with van der Waals surface area (Å²) < 4.78 is 5.10. The highest BCUT2D eigenvalue weighted by Crippen LogP contribution is 2.34. The molecule has 0 aliphatic carbocycles. The molecule has 0 unspecified atom stereocenters. The summed E-state index contributed by atoms with van der Waals surface area (Å²) in [5.41, 5.74) is 4.06. The SMILES string of the molecule is CCc1ccc(Cc2c[nH]c3cc(Cl)cc(OO[C@@H]4[C@@H](O)[C@H](O)[C@@H](CO)O[C@H]4O)c23)cc1. The van der Waals surface area contributed by atoms with Gasteiger partial charge in [0.25, 0.3) is 0 Å². The second-order valence-corrected chi connectivity index (χ2v) is 8.30. The van der Waals surface area contributed by atoms with E-state index in [4.69, 9.17) is 26.1 Å². The predicted molar refractivity (Wildman–Crippen MR) is 117 cm³/mol. The Morgan fingerprint density at radius 2 is 1.78 bits per heavy atom.